The molecule has 3 aromatic rings. The number of nitrogens with zero attached hydrogens (tertiary/aromatic N) is 3. The molecular weight excluding hydrogens is 318 g/mol. The monoisotopic (exact) mass is 333 g/mol. The highest BCUT2D eigenvalue weighted by atomic mass is 16.5. The molecule has 6 heteroatoms. The van der Waals surface area contributed by atoms with E-state index in [0.29, 0.717) is 28.6 Å². The number of esters is 1. The molecule has 1 heterocycles. The predicted molar refractivity (Wildman–Crippen MR) is 91.6 cm³/mol. The third-order valence-corrected chi connectivity index (χ3v) is 3.82. The van der Waals surface area contributed by atoms with E-state index in [0.717, 1.165) is 0 Å². The van der Waals surface area contributed by atoms with E-state index in [1.165, 1.54) is 6.20 Å². The summed E-state index contributed by atoms with van der Waals surface area (Å²) >= 11 is 0. The maximum absolute atomic E-state index is 12.0. The molecule has 0 fully saturated rings. The molecule has 1 aromatic heterocycles. The van der Waals surface area contributed by atoms with Gasteiger partial charge in [-0.1, -0.05) is 30.3 Å². The summed E-state index contributed by atoms with van der Waals surface area (Å²) in [5.41, 5.74) is 1.69. The highest BCUT2D eigenvalue weighted by Crippen LogP contribution is 2.11. The van der Waals surface area contributed by atoms with Crippen LogP contribution >= 0.6 is 0 Å². The first-order chi connectivity index (χ1) is 12.2. The first-order valence-electron chi connectivity index (χ1n) is 7.77. The van der Waals surface area contributed by atoms with E-state index >= 15 is 0 Å². The number of rotatable bonds is 5. The van der Waals surface area contributed by atoms with Crippen molar-refractivity contribution in [3.05, 3.63) is 76.1 Å². The van der Waals surface area contributed by atoms with E-state index in [1.807, 2.05) is 6.07 Å². The van der Waals surface area contributed by atoms with Gasteiger partial charge in [0, 0.05) is 10.9 Å². The Kier molecular flexibility index (Phi) is 4.86. The molecule has 0 radical (unpaired) electrons. The van der Waals surface area contributed by atoms with Crippen molar-refractivity contribution in [1.82, 2.24) is 9.78 Å². The Morgan fingerprint density at radius 1 is 1.16 bits per heavy atom. The lowest BCUT2D eigenvalue weighted by Crippen LogP contribution is -2.15. The zero-order chi connectivity index (χ0) is 17.6. The number of hydrogen-bond donors (Lipinski definition) is 0. The number of para-hydroxylation sites is 1. The molecule has 0 saturated carbocycles. The first kappa shape index (κ1) is 16.4. The Hall–Kier alpha value is -3.46. The van der Waals surface area contributed by atoms with E-state index in [1.54, 1.807) is 47.1 Å². The van der Waals surface area contributed by atoms with Crippen LogP contribution in [0.15, 0.2) is 59.5 Å². The normalized spacial score (nSPS) is 10.4. The summed E-state index contributed by atoms with van der Waals surface area (Å²) < 4.78 is 6.85. The molecule has 2 aromatic carbocycles. The van der Waals surface area contributed by atoms with Crippen LogP contribution in [-0.2, 0) is 22.7 Å². The molecule has 25 heavy (non-hydrogen) atoms. The molecule has 0 aliphatic carbocycles. The van der Waals surface area contributed by atoms with Gasteiger partial charge in [-0.3, -0.25) is 14.3 Å². The van der Waals surface area contributed by atoms with Gasteiger partial charge in [0.25, 0.3) is 0 Å². The highest BCUT2D eigenvalue weighted by molar-refractivity contribution is 5.78. The third kappa shape index (κ3) is 3.72. The molecule has 0 amide bonds. The Balaban J connectivity index is 1.65. The van der Waals surface area contributed by atoms with Crippen LogP contribution in [0.2, 0.25) is 0 Å². The fraction of sp³-hybridized carbons (Fsp3) is 0.158. The number of benzene rings is 2. The van der Waals surface area contributed by atoms with Crippen LogP contribution in [0.1, 0.15) is 17.5 Å². The van der Waals surface area contributed by atoms with E-state index in [-0.39, 0.29) is 18.5 Å². The Morgan fingerprint density at radius 3 is 2.76 bits per heavy atom. The number of ether oxygens (including phenoxy) is 1. The van der Waals surface area contributed by atoms with Crippen molar-refractivity contribution < 1.29 is 9.53 Å². The fourth-order valence-corrected chi connectivity index (χ4v) is 2.52. The van der Waals surface area contributed by atoms with E-state index in [9.17, 15) is 9.59 Å². The molecule has 0 aliphatic heterocycles. The Labute approximate surface area is 143 Å². The second kappa shape index (κ2) is 7.41. The van der Waals surface area contributed by atoms with Crippen molar-refractivity contribution in [3.63, 3.8) is 0 Å². The van der Waals surface area contributed by atoms with Gasteiger partial charge in [0.15, 0.2) is 0 Å². The van der Waals surface area contributed by atoms with Crippen molar-refractivity contribution in [2.75, 3.05) is 0 Å². The number of fused-ring (bicyclic) bond motifs is 1. The van der Waals surface area contributed by atoms with Gasteiger partial charge >= 0.3 is 5.97 Å². The van der Waals surface area contributed by atoms with Gasteiger partial charge in [-0.15, -0.1) is 0 Å². The maximum atomic E-state index is 12.0. The molecule has 0 N–H and O–H groups in total. The highest BCUT2D eigenvalue weighted by Gasteiger charge is 2.09. The van der Waals surface area contributed by atoms with Gasteiger partial charge in [0.1, 0.15) is 6.61 Å². The molecule has 0 aliphatic rings. The minimum Gasteiger partial charge on any atom is -0.461 e. The van der Waals surface area contributed by atoms with E-state index in [2.05, 4.69) is 11.2 Å². The second-order valence-electron chi connectivity index (χ2n) is 5.43. The van der Waals surface area contributed by atoms with E-state index in [4.69, 9.17) is 10.00 Å². The van der Waals surface area contributed by atoms with Gasteiger partial charge in [-0.25, -0.2) is 0 Å². The molecule has 0 unspecified atom stereocenters. The summed E-state index contributed by atoms with van der Waals surface area (Å²) in [7, 11) is 0. The van der Waals surface area contributed by atoms with Crippen molar-refractivity contribution in [1.29, 1.82) is 5.26 Å². The minimum absolute atomic E-state index is 0.0565. The molecule has 0 spiro atoms. The number of aromatic nitrogens is 2. The smallest absolute Gasteiger partial charge is 0.308 e. The lowest BCUT2D eigenvalue weighted by atomic mass is 10.1. The molecule has 0 atom stereocenters. The summed E-state index contributed by atoms with van der Waals surface area (Å²) in [6.45, 7) is 0.362. The Morgan fingerprint density at radius 2 is 1.92 bits per heavy atom. The topological polar surface area (TPSA) is 85.0 Å². The number of hydrogen-bond acceptors (Lipinski definition) is 5. The second-order valence-corrected chi connectivity index (χ2v) is 5.43. The minimum atomic E-state index is -0.391. The lowest BCUT2D eigenvalue weighted by molar-refractivity contribution is -0.145. The third-order valence-electron chi connectivity index (χ3n) is 3.82. The molecule has 6 nitrogen and oxygen atoms in total. The van der Waals surface area contributed by atoms with Crippen molar-refractivity contribution in [3.8, 4) is 6.07 Å². The summed E-state index contributed by atoms with van der Waals surface area (Å²) in [4.78, 5) is 23.8. The van der Waals surface area contributed by atoms with Gasteiger partial charge in [0.2, 0.25) is 5.43 Å². The van der Waals surface area contributed by atoms with E-state index < -0.39 is 5.97 Å². The number of carbonyl (C=O) groups is 1. The van der Waals surface area contributed by atoms with Crippen molar-refractivity contribution in [2.45, 2.75) is 19.6 Å². The summed E-state index contributed by atoms with van der Waals surface area (Å²) in [6.07, 6.45) is 1.37. The lowest BCUT2D eigenvalue weighted by Gasteiger charge is -2.09. The maximum Gasteiger partial charge on any atom is 0.308 e. The van der Waals surface area contributed by atoms with Crippen LogP contribution < -0.4 is 5.43 Å². The quantitative estimate of drug-likeness (QED) is 0.669. The molecule has 124 valence electrons. The van der Waals surface area contributed by atoms with Crippen molar-refractivity contribution >= 4 is 16.9 Å². The zero-order valence-corrected chi connectivity index (χ0v) is 13.4. The van der Waals surface area contributed by atoms with Gasteiger partial charge in [0.05, 0.1) is 36.3 Å². The van der Waals surface area contributed by atoms with Crippen LogP contribution in [0.3, 0.4) is 0 Å². The SMILES string of the molecule is N#Cc1ccccc1COC(=O)CCn1ncc(=O)c2ccccc21. The van der Waals surface area contributed by atoms with Crippen LogP contribution in [0, 0.1) is 11.3 Å². The standard InChI is InChI=1S/C19H15N3O3/c20-11-14-5-1-2-6-15(14)13-25-19(24)9-10-22-17-8-4-3-7-16(17)18(23)12-21-22/h1-8,12H,9-10,13H2. The summed E-state index contributed by atoms with van der Waals surface area (Å²) in [5, 5.41) is 13.7. The largest absolute Gasteiger partial charge is 0.461 e. The number of carbonyl (C=O) groups excluding carboxylic acids is 1. The molecule has 3 rings (SSSR count). The number of nitriles is 1. The Bertz CT molecular complexity index is 1020. The molecule has 0 bridgehead atoms. The van der Waals surface area contributed by atoms with Crippen LogP contribution in [-0.4, -0.2) is 15.7 Å². The fourth-order valence-electron chi connectivity index (χ4n) is 2.52. The van der Waals surface area contributed by atoms with Crippen LogP contribution in [0.25, 0.3) is 10.9 Å². The van der Waals surface area contributed by atoms with Gasteiger partial charge in [-0.05, 0) is 18.2 Å². The molecule has 0 saturated heterocycles. The summed E-state index contributed by atoms with van der Waals surface area (Å²) in [6, 6.07) is 16.2. The van der Waals surface area contributed by atoms with Crippen LogP contribution in [0.4, 0.5) is 0 Å². The van der Waals surface area contributed by atoms with Gasteiger partial charge in [-0.2, -0.15) is 10.4 Å². The average molecular weight is 333 g/mol. The average Bonchev–Trinajstić information content (AvgIpc) is 2.66. The first-order valence-corrected chi connectivity index (χ1v) is 7.77. The van der Waals surface area contributed by atoms with Crippen LogP contribution in [0.5, 0.6) is 0 Å². The zero-order valence-electron chi connectivity index (χ0n) is 13.4. The van der Waals surface area contributed by atoms with Gasteiger partial charge < -0.3 is 4.74 Å². The number of aryl methyl sites for hydroxylation is 1. The summed E-state index contributed by atoms with van der Waals surface area (Å²) in [5.74, 6) is -0.391. The predicted octanol–water partition coefficient (Wildman–Crippen LogP) is 2.40. The van der Waals surface area contributed by atoms with Crippen molar-refractivity contribution in [2.24, 2.45) is 0 Å². The molecular formula is C19H15N3O3.